The molecule has 0 heterocycles. The van der Waals surface area contributed by atoms with Crippen LogP contribution >= 0.6 is 0 Å². The Bertz CT molecular complexity index is 140. The van der Waals surface area contributed by atoms with Gasteiger partial charge in [-0.1, -0.05) is 12.8 Å². The Kier molecular flexibility index (Phi) is 11.4. The van der Waals surface area contributed by atoms with E-state index in [-0.39, 0.29) is 35.2 Å². The average molecular weight is 282 g/mol. The second-order valence-corrected chi connectivity index (χ2v) is 2.70. The van der Waals surface area contributed by atoms with Gasteiger partial charge in [0.15, 0.2) is 0 Å². The molecule has 0 bridgehead atoms. The molecule has 0 spiro atoms. The zero-order chi connectivity index (χ0) is 9.40. The molecule has 2 N–H and O–H groups in total. The number of unbranched alkanes of at least 4 members (excludes halogenated alkanes) is 3. The van der Waals surface area contributed by atoms with E-state index in [0.717, 1.165) is 12.8 Å². The van der Waals surface area contributed by atoms with Crippen LogP contribution in [0.5, 0.6) is 0 Å². The summed E-state index contributed by atoms with van der Waals surface area (Å²) in [5.41, 5.74) is 0. The first-order valence-corrected chi connectivity index (χ1v) is 4.06. The second kappa shape index (κ2) is 9.77. The fourth-order valence-corrected chi connectivity index (χ4v) is 0.906. The third-order valence-electron chi connectivity index (χ3n) is 1.53. The van der Waals surface area contributed by atoms with E-state index in [9.17, 15) is 9.59 Å². The van der Waals surface area contributed by atoms with Crippen LogP contribution in [0, 0.1) is 0 Å². The van der Waals surface area contributed by atoms with Crippen molar-refractivity contribution in [1.29, 1.82) is 0 Å². The molecular weight excluding hydrogens is 268 g/mol. The van der Waals surface area contributed by atoms with Gasteiger partial charge in [0.05, 0.1) is 0 Å². The molecule has 0 saturated carbocycles. The van der Waals surface area contributed by atoms with Crippen LogP contribution in [0.25, 0.3) is 0 Å². The van der Waals surface area contributed by atoms with Gasteiger partial charge in [0.25, 0.3) is 0 Å². The molecule has 0 atom stereocenters. The van der Waals surface area contributed by atoms with E-state index in [1.807, 2.05) is 0 Å². The Morgan fingerprint density at radius 2 is 1.08 bits per heavy atom. The molecule has 0 unspecified atom stereocenters. The second-order valence-electron chi connectivity index (χ2n) is 2.70. The molecule has 0 aromatic rings. The Balaban J connectivity index is 0. The monoisotopic (exact) mass is 281 g/mol. The summed E-state index contributed by atoms with van der Waals surface area (Å²) in [6.45, 7) is 0. The zero-order valence-corrected chi connectivity index (χ0v) is 8.74. The van der Waals surface area contributed by atoms with E-state index in [1.54, 1.807) is 0 Å². The molecule has 0 aromatic carbocycles. The van der Waals surface area contributed by atoms with Crippen molar-refractivity contribution in [3.8, 4) is 0 Å². The Morgan fingerprint density at radius 3 is 1.31 bits per heavy atom. The number of aliphatic carboxylic acids is 2. The van der Waals surface area contributed by atoms with Crippen molar-refractivity contribution in [2.75, 3.05) is 0 Å². The predicted octanol–water partition coefficient (Wildman–Crippen LogP) is 1.49. The van der Waals surface area contributed by atoms with Crippen molar-refractivity contribution >= 4 is 11.9 Å². The van der Waals surface area contributed by atoms with Crippen LogP contribution in [0.2, 0.25) is 0 Å². The molecule has 0 aliphatic carbocycles. The van der Waals surface area contributed by atoms with Gasteiger partial charge in [-0.15, -0.1) is 0 Å². The fraction of sp³-hybridized carbons (Fsp3) is 0.750. The molecule has 0 amide bonds. The van der Waals surface area contributed by atoms with Gasteiger partial charge < -0.3 is 10.2 Å². The van der Waals surface area contributed by atoms with Crippen LogP contribution in [0.15, 0.2) is 0 Å². The largest absolute Gasteiger partial charge is 0.481 e. The van der Waals surface area contributed by atoms with Crippen molar-refractivity contribution < 1.29 is 42.2 Å². The van der Waals surface area contributed by atoms with Gasteiger partial charge in [0.1, 0.15) is 0 Å². The molecule has 0 aliphatic rings. The molecule has 5 heteroatoms. The number of carboxylic acid groups (broad SMARTS) is 2. The minimum absolute atomic E-state index is 0. The SMILES string of the molecule is O=C(O)CCCCCCC(=O)O.[Ag]. The van der Waals surface area contributed by atoms with E-state index < -0.39 is 11.9 Å². The smallest absolute Gasteiger partial charge is 0.303 e. The third-order valence-corrected chi connectivity index (χ3v) is 1.53. The van der Waals surface area contributed by atoms with Crippen LogP contribution in [-0.4, -0.2) is 22.2 Å². The van der Waals surface area contributed by atoms with Gasteiger partial charge in [0, 0.05) is 35.2 Å². The van der Waals surface area contributed by atoms with Crippen molar-refractivity contribution in [3.05, 3.63) is 0 Å². The topological polar surface area (TPSA) is 74.6 Å². The van der Waals surface area contributed by atoms with E-state index in [1.165, 1.54) is 0 Å². The van der Waals surface area contributed by atoms with Gasteiger partial charge in [0.2, 0.25) is 0 Å². The summed E-state index contributed by atoms with van der Waals surface area (Å²) >= 11 is 0. The van der Waals surface area contributed by atoms with Crippen LogP contribution in [0.4, 0.5) is 0 Å². The zero-order valence-electron chi connectivity index (χ0n) is 7.26. The van der Waals surface area contributed by atoms with Crippen molar-refractivity contribution in [1.82, 2.24) is 0 Å². The Morgan fingerprint density at radius 1 is 0.769 bits per heavy atom. The van der Waals surface area contributed by atoms with Crippen LogP contribution in [0.1, 0.15) is 38.5 Å². The Labute approximate surface area is 92.8 Å². The van der Waals surface area contributed by atoms with E-state index in [4.69, 9.17) is 10.2 Å². The number of carbonyl (C=O) groups is 2. The third kappa shape index (κ3) is 14.5. The molecule has 0 aliphatic heterocycles. The van der Waals surface area contributed by atoms with E-state index >= 15 is 0 Å². The minimum Gasteiger partial charge on any atom is -0.481 e. The van der Waals surface area contributed by atoms with Crippen LogP contribution < -0.4 is 0 Å². The maximum absolute atomic E-state index is 10.0. The minimum atomic E-state index is -0.784. The Hall–Kier alpha value is -0.320. The summed E-state index contributed by atoms with van der Waals surface area (Å²) in [7, 11) is 0. The first-order chi connectivity index (χ1) is 5.63. The normalized spacial score (nSPS) is 8.92. The molecule has 81 valence electrons. The van der Waals surface area contributed by atoms with Crippen LogP contribution in [0.3, 0.4) is 0 Å². The number of hydrogen-bond acceptors (Lipinski definition) is 2. The van der Waals surface area contributed by atoms with Crippen molar-refractivity contribution in [2.24, 2.45) is 0 Å². The summed E-state index contributed by atoms with van der Waals surface area (Å²) in [6, 6.07) is 0. The summed E-state index contributed by atoms with van der Waals surface area (Å²) in [4.78, 5) is 20.1. The number of hydrogen-bond donors (Lipinski definition) is 2. The molecule has 0 aromatic heterocycles. The maximum Gasteiger partial charge on any atom is 0.303 e. The first-order valence-electron chi connectivity index (χ1n) is 4.06. The summed E-state index contributed by atoms with van der Waals surface area (Å²) in [5.74, 6) is -1.57. The molecule has 0 fully saturated rings. The summed E-state index contributed by atoms with van der Waals surface area (Å²) < 4.78 is 0. The molecule has 4 nitrogen and oxygen atoms in total. The van der Waals surface area contributed by atoms with Gasteiger partial charge >= 0.3 is 11.9 Å². The first kappa shape index (κ1) is 15.2. The van der Waals surface area contributed by atoms with Gasteiger partial charge in [-0.2, -0.15) is 0 Å². The number of rotatable bonds is 7. The van der Waals surface area contributed by atoms with Crippen molar-refractivity contribution in [3.63, 3.8) is 0 Å². The van der Waals surface area contributed by atoms with Gasteiger partial charge in [-0.25, -0.2) is 0 Å². The maximum atomic E-state index is 10.0. The van der Waals surface area contributed by atoms with Crippen molar-refractivity contribution in [2.45, 2.75) is 38.5 Å². The molecular formula is C8H14AgO4. The summed E-state index contributed by atoms with van der Waals surface area (Å²) in [6.07, 6.45) is 3.28. The molecule has 0 saturated heterocycles. The van der Waals surface area contributed by atoms with E-state index in [2.05, 4.69) is 0 Å². The molecule has 13 heavy (non-hydrogen) atoms. The van der Waals surface area contributed by atoms with Gasteiger partial charge in [-0.3, -0.25) is 9.59 Å². The predicted molar refractivity (Wildman–Crippen MR) is 43.0 cm³/mol. The molecule has 1 radical (unpaired) electrons. The quantitative estimate of drug-likeness (QED) is 0.548. The fourth-order valence-electron chi connectivity index (χ4n) is 0.906. The summed E-state index contributed by atoms with van der Waals surface area (Å²) in [5, 5.41) is 16.5. The number of carboxylic acids is 2. The molecule has 0 rings (SSSR count). The van der Waals surface area contributed by atoms with E-state index in [0.29, 0.717) is 12.8 Å². The average Bonchev–Trinajstić information content (AvgIpc) is 1.95. The standard InChI is InChI=1S/C8H14O4.Ag/c9-7(10)5-3-1-2-4-6-8(11)12;/h1-6H2,(H,9,10)(H,11,12);. The van der Waals surface area contributed by atoms with Crippen LogP contribution in [-0.2, 0) is 32.0 Å². The van der Waals surface area contributed by atoms with Gasteiger partial charge in [-0.05, 0) is 12.8 Å².